The van der Waals surface area contributed by atoms with E-state index in [2.05, 4.69) is 40.5 Å². The van der Waals surface area contributed by atoms with Crippen molar-refractivity contribution in [2.24, 2.45) is 5.92 Å². The smallest absolute Gasteiger partial charge is 0.224 e. The van der Waals surface area contributed by atoms with Crippen molar-refractivity contribution < 1.29 is 5.11 Å². The number of nitriles is 1. The molecule has 22 heavy (non-hydrogen) atoms. The lowest BCUT2D eigenvalue weighted by Crippen LogP contribution is -2.29. The topological polar surface area (TPSA) is 93.9 Å². The summed E-state index contributed by atoms with van der Waals surface area (Å²) in [6.45, 7) is 5.12. The highest BCUT2D eigenvalue weighted by atomic mass is 16.3. The highest BCUT2D eigenvalue weighted by molar-refractivity contribution is 5.53. The first-order valence-electron chi connectivity index (χ1n) is 8.04. The lowest BCUT2D eigenvalue weighted by atomic mass is 9.93. The first-order chi connectivity index (χ1) is 10.6. The standard InChI is InChI=1S/C16H25N5O/c1-11(2)7-8-18-15-12(9-17)10-19-16(21-15)20-13-3-5-14(22)6-4-13/h10-11,13-14,22H,3-8H2,1-2H3,(H2,18,19,20,21)/t13-,14-. The van der Waals surface area contributed by atoms with Crippen molar-refractivity contribution in [3.63, 3.8) is 0 Å². The van der Waals surface area contributed by atoms with Crippen molar-refractivity contribution in [1.82, 2.24) is 9.97 Å². The highest BCUT2D eigenvalue weighted by Crippen LogP contribution is 2.22. The normalized spacial score (nSPS) is 21.4. The van der Waals surface area contributed by atoms with Gasteiger partial charge in [-0.15, -0.1) is 0 Å². The van der Waals surface area contributed by atoms with Crippen LogP contribution in [0.4, 0.5) is 11.8 Å². The summed E-state index contributed by atoms with van der Waals surface area (Å²) in [5, 5.41) is 25.2. The average Bonchev–Trinajstić information content (AvgIpc) is 2.49. The van der Waals surface area contributed by atoms with Gasteiger partial charge >= 0.3 is 0 Å². The summed E-state index contributed by atoms with van der Waals surface area (Å²) in [5.74, 6) is 1.75. The zero-order valence-corrected chi connectivity index (χ0v) is 13.3. The third kappa shape index (κ3) is 4.85. The number of aliphatic hydroxyl groups excluding tert-OH is 1. The largest absolute Gasteiger partial charge is 0.393 e. The van der Waals surface area contributed by atoms with Gasteiger partial charge in [0.2, 0.25) is 5.95 Å². The third-order valence-corrected chi connectivity index (χ3v) is 3.95. The number of hydrogen-bond donors (Lipinski definition) is 3. The molecule has 1 aliphatic rings. The molecule has 1 aromatic heterocycles. The number of aromatic nitrogens is 2. The van der Waals surface area contributed by atoms with E-state index in [9.17, 15) is 5.11 Å². The third-order valence-electron chi connectivity index (χ3n) is 3.95. The van der Waals surface area contributed by atoms with E-state index in [1.807, 2.05) is 0 Å². The fraction of sp³-hybridized carbons (Fsp3) is 0.688. The van der Waals surface area contributed by atoms with Crippen LogP contribution in [0.1, 0.15) is 51.5 Å². The van der Waals surface area contributed by atoms with Gasteiger partial charge in [-0.3, -0.25) is 0 Å². The maximum Gasteiger partial charge on any atom is 0.224 e. The number of rotatable bonds is 6. The van der Waals surface area contributed by atoms with Crippen LogP contribution in [-0.2, 0) is 0 Å². The molecule has 1 aromatic rings. The highest BCUT2D eigenvalue weighted by Gasteiger charge is 2.20. The second-order valence-corrected chi connectivity index (χ2v) is 6.33. The van der Waals surface area contributed by atoms with Crippen LogP contribution in [0.3, 0.4) is 0 Å². The number of nitrogens with zero attached hydrogens (tertiary/aromatic N) is 3. The van der Waals surface area contributed by atoms with Crippen molar-refractivity contribution in [2.45, 2.75) is 58.1 Å². The second kappa shape index (κ2) is 7.95. The zero-order valence-electron chi connectivity index (χ0n) is 13.3. The summed E-state index contributed by atoms with van der Waals surface area (Å²) < 4.78 is 0. The molecule has 0 amide bonds. The Balaban J connectivity index is 1.98. The van der Waals surface area contributed by atoms with Gasteiger partial charge in [-0.1, -0.05) is 13.8 Å². The molecule has 1 aliphatic carbocycles. The van der Waals surface area contributed by atoms with Gasteiger partial charge in [-0.2, -0.15) is 10.2 Å². The summed E-state index contributed by atoms with van der Waals surface area (Å²) in [6, 6.07) is 2.41. The van der Waals surface area contributed by atoms with Gasteiger partial charge in [0.05, 0.1) is 12.3 Å². The van der Waals surface area contributed by atoms with Gasteiger partial charge in [0.25, 0.3) is 0 Å². The van der Waals surface area contributed by atoms with Crippen LogP contribution in [0.5, 0.6) is 0 Å². The molecule has 6 nitrogen and oxygen atoms in total. The quantitative estimate of drug-likeness (QED) is 0.747. The Labute approximate surface area is 132 Å². The average molecular weight is 303 g/mol. The summed E-state index contributed by atoms with van der Waals surface area (Å²) in [4.78, 5) is 8.65. The van der Waals surface area contributed by atoms with Crippen LogP contribution in [-0.4, -0.2) is 33.8 Å². The molecule has 0 unspecified atom stereocenters. The fourth-order valence-electron chi connectivity index (χ4n) is 2.55. The van der Waals surface area contributed by atoms with Gasteiger partial charge in [0.15, 0.2) is 0 Å². The molecule has 1 fully saturated rings. The zero-order chi connectivity index (χ0) is 15.9. The van der Waals surface area contributed by atoms with E-state index in [-0.39, 0.29) is 6.10 Å². The van der Waals surface area contributed by atoms with Crippen LogP contribution >= 0.6 is 0 Å². The fourth-order valence-corrected chi connectivity index (χ4v) is 2.55. The summed E-state index contributed by atoms with van der Waals surface area (Å²) >= 11 is 0. The van der Waals surface area contributed by atoms with Crippen molar-refractivity contribution >= 4 is 11.8 Å². The molecule has 0 saturated heterocycles. The molecule has 3 N–H and O–H groups in total. The molecule has 0 atom stereocenters. The maximum atomic E-state index is 9.54. The first-order valence-corrected chi connectivity index (χ1v) is 8.04. The monoisotopic (exact) mass is 303 g/mol. The predicted octanol–water partition coefficient (Wildman–Crippen LogP) is 2.52. The van der Waals surface area contributed by atoms with Crippen LogP contribution in [0.25, 0.3) is 0 Å². The minimum absolute atomic E-state index is 0.173. The number of nitrogens with one attached hydrogen (secondary N) is 2. The van der Waals surface area contributed by atoms with Gasteiger partial charge in [0, 0.05) is 12.6 Å². The maximum absolute atomic E-state index is 9.54. The van der Waals surface area contributed by atoms with Crippen LogP contribution < -0.4 is 10.6 Å². The summed E-state index contributed by atoms with van der Waals surface area (Å²) in [5.41, 5.74) is 0.466. The van der Waals surface area contributed by atoms with E-state index in [1.54, 1.807) is 6.20 Å². The molecule has 0 aromatic carbocycles. The molecule has 1 heterocycles. The second-order valence-electron chi connectivity index (χ2n) is 6.33. The molecule has 1 saturated carbocycles. The molecule has 0 bridgehead atoms. The Morgan fingerprint density at radius 3 is 2.73 bits per heavy atom. The molecular formula is C16H25N5O. The first kappa shape index (κ1) is 16.5. The van der Waals surface area contributed by atoms with Crippen molar-refractivity contribution in [3.05, 3.63) is 11.8 Å². The molecule has 0 aliphatic heterocycles. The van der Waals surface area contributed by atoms with Gasteiger partial charge in [-0.25, -0.2) is 4.98 Å². The predicted molar refractivity (Wildman–Crippen MR) is 86.6 cm³/mol. The van der Waals surface area contributed by atoms with E-state index in [0.29, 0.717) is 29.3 Å². The van der Waals surface area contributed by atoms with Crippen molar-refractivity contribution in [1.29, 1.82) is 5.26 Å². The van der Waals surface area contributed by atoms with Crippen LogP contribution in [0.15, 0.2) is 6.20 Å². The molecule has 6 heteroatoms. The molecule has 2 rings (SSSR count). The van der Waals surface area contributed by atoms with E-state index >= 15 is 0 Å². The van der Waals surface area contributed by atoms with E-state index in [1.165, 1.54) is 0 Å². The number of aliphatic hydroxyl groups is 1. The molecular weight excluding hydrogens is 278 g/mol. The Hall–Kier alpha value is -1.87. The van der Waals surface area contributed by atoms with E-state index in [4.69, 9.17) is 5.26 Å². The SMILES string of the molecule is CC(C)CCNc1nc(N[C@H]2CC[C@H](O)CC2)ncc1C#N. The Morgan fingerprint density at radius 1 is 1.36 bits per heavy atom. The van der Waals surface area contributed by atoms with Gasteiger partial charge in [0.1, 0.15) is 17.5 Å². The number of anilines is 2. The minimum Gasteiger partial charge on any atom is -0.393 e. The Kier molecular flexibility index (Phi) is 5.96. The molecule has 0 radical (unpaired) electrons. The van der Waals surface area contributed by atoms with Crippen molar-refractivity contribution in [2.75, 3.05) is 17.2 Å². The van der Waals surface area contributed by atoms with E-state index in [0.717, 1.165) is 38.6 Å². The Morgan fingerprint density at radius 2 is 2.09 bits per heavy atom. The summed E-state index contributed by atoms with van der Waals surface area (Å²) in [6.07, 6.45) is 5.87. The number of hydrogen-bond acceptors (Lipinski definition) is 6. The van der Waals surface area contributed by atoms with Gasteiger partial charge in [-0.05, 0) is 38.0 Å². The Bertz CT molecular complexity index is 518. The minimum atomic E-state index is -0.173. The lowest BCUT2D eigenvalue weighted by molar-refractivity contribution is 0.126. The van der Waals surface area contributed by atoms with E-state index < -0.39 is 0 Å². The summed E-state index contributed by atoms with van der Waals surface area (Å²) in [7, 11) is 0. The van der Waals surface area contributed by atoms with Crippen LogP contribution in [0, 0.1) is 17.2 Å². The van der Waals surface area contributed by atoms with Crippen molar-refractivity contribution in [3.8, 4) is 6.07 Å². The molecule has 0 spiro atoms. The van der Waals surface area contributed by atoms with Gasteiger partial charge < -0.3 is 15.7 Å². The molecule has 120 valence electrons. The lowest BCUT2D eigenvalue weighted by Gasteiger charge is -2.26. The van der Waals surface area contributed by atoms with Crippen LogP contribution in [0.2, 0.25) is 0 Å².